The molecule has 3 N–H and O–H groups in total. The van der Waals surface area contributed by atoms with E-state index in [1.807, 2.05) is 6.92 Å². The summed E-state index contributed by atoms with van der Waals surface area (Å²) >= 11 is 0. The minimum Gasteiger partial charge on any atom is -0.394 e. The molecule has 0 bridgehead atoms. The highest BCUT2D eigenvalue weighted by Gasteiger charge is 2.09. The van der Waals surface area contributed by atoms with E-state index in [-0.39, 0.29) is 12.7 Å². The summed E-state index contributed by atoms with van der Waals surface area (Å²) in [6.07, 6.45) is 0.708. The number of aliphatic hydroxyl groups is 2. The molecule has 0 heterocycles. The summed E-state index contributed by atoms with van der Waals surface area (Å²) in [5.41, 5.74) is 0. The van der Waals surface area contributed by atoms with Crippen molar-refractivity contribution in [3.05, 3.63) is 0 Å². The maximum atomic E-state index is 9.67. The van der Waals surface area contributed by atoms with Crippen molar-refractivity contribution in [2.24, 2.45) is 5.92 Å². The number of aliphatic hydroxyl groups excluding tert-OH is 2. The second kappa shape index (κ2) is 11.9. The smallest absolute Gasteiger partial charge is 0.0897 e. The lowest BCUT2D eigenvalue weighted by atomic mass is 10.1. The first-order chi connectivity index (χ1) is 8.56. The van der Waals surface area contributed by atoms with Gasteiger partial charge >= 0.3 is 0 Å². The van der Waals surface area contributed by atoms with Gasteiger partial charge in [-0.15, -0.1) is 0 Å². The molecule has 0 aliphatic carbocycles. The average Bonchev–Trinajstić information content (AvgIpc) is 2.30. The van der Waals surface area contributed by atoms with Crippen LogP contribution in [0.3, 0.4) is 0 Å². The van der Waals surface area contributed by atoms with Gasteiger partial charge in [0.05, 0.1) is 38.6 Å². The molecule has 0 aromatic carbocycles. The Hall–Kier alpha value is -0.200. The van der Waals surface area contributed by atoms with Gasteiger partial charge in [-0.2, -0.15) is 0 Å². The zero-order chi connectivity index (χ0) is 13.8. The molecule has 5 heteroatoms. The lowest BCUT2D eigenvalue weighted by Crippen LogP contribution is -2.33. The summed E-state index contributed by atoms with van der Waals surface area (Å²) in [7, 11) is 0. The van der Waals surface area contributed by atoms with Gasteiger partial charge in [0.25, 0.3) is 0 Å². The van der Waals surface area contributed by atoms with Crippen molar-refractivity contribution < 1.29 is 19.7 Å². The molecular formula is C13H29NO4. The second-order valence-electron chi connectivity index (χ2n) is 4.97. The molecular weight excluding hydrogens is 234 g/mol. The van der Waals surface area contributed by atoms with Crippen LogP contribution in [0.25, 0.3) is 0 Å². The third kappa shape index (κ3) is 12.3. The van der Waals surface area contributed by atoms with Crippen LogP contribution in [0, 0.1) is 5.92 Å². The lowest BCUT2D eigenvalue weighted by Gasteiger charge is -2.18. The Morgan fingerprint density at radius 3 is 2.50 bits per heavy atom. The molecule has 0 amide bonds. The number of nitrogens with one attached hydrogen (secondary N) is 1. The quantitative estimate of drug-likeness (QED) is 0.445. The summed E-state index contributed by atoms with van der Waals surface area (Å²) in [5, 5.41) is 21.2. The molecule has 110 valence electrons. The summed E-state index contributed by atoms with van der Waals surface area (Å²) in [6, 6.07) is 0. The maximum Gasteiger partial charge on any atom is 0.0897 e. The monoisotopic (exact) mass is 263 g/mol. The van der Waals surface area contributed by atoms with Crippen LogP contribution in [0.5, 0.6) is 0 Å². The van der Waals surface area contributed by atoms with Gasteiger partial charge < -0.3 is 25.0 Å². The van der Waals surface area contributed by atoms with Gasteiger partial charge in [0.15, 0.2) is 0 Å². The fourth-order valence-electron chi connectivity index (χ4n) is 1.65. The van der Waals surface area contributed by atoms with Crippen LogP contribution in [0.2, 0.25) is 0 Å². The van der Waals surface area contributed by atoms with Gasteiger partial charge in [0, 0.05) is 13.1 Å². The first-order valence-corrected chi connectivity index (χ1v) is 6.75. The third-order valence-corrected chi connectivity index (χ3v) is 2.42. The highest BCUT2D eigenvalue weighted by Crippen LogP contribution is 2.07. The molecule has 0 saturated heterocycles. The normalized spacial score (nSPS) is 15.0. The molecule has 0 aliphatic heterocycles. The second-order valence-corrected chi connectivity index (χ2v) is 4.97. The Bertz CT molecular complexity index is 178. The minimum absolute atomic E-state index is 0.0458. The molecule has 5 nitrogen and oxygen atoms in total. The van der Waals surface area contributed by atoms with E-state index in [2.05, 4.69) is 19.2 Å². The topological polar surface area (TPSA) is 71.0 Å². The van der Waals surface area contributed by atoms with Crippen molar-refractivity contribution in [1.82, 2.24) is 5.32 Å². The predicted octanol–water partition coefficient (Wildman–Crippen LogP) is 0.397. The van der Waals surface area contributed by atoms with Crippen molar-refractivity contribution in [2.45, 2.75) is 39.4 Å². The standard InChI is InChI=1S/C13H29NO4/c1-11(2)8-12(3)18-10-13(16)9-14-4-6-17-7-5-15/h11-16H,4-10H2,1-3H3/t12-,13+/m0/s1. The first kappa shape index (κ1) is 17.8. The molecule has 0 saturated carbocycles. The van der Waals surface area contributed by atoms with Crippen molar-refractivity contribution in [3.8, 4) is 0 Å². The zero-order valence-corrected chi connectivity index (χ0v) is 11.9. The van der Waals surface area contributed by atoms with Gasteiger partial charge in [-0.1, -0.05) is 13.8 Å². The minimum atomic E-state index is -0.488. The van der Waals surface area contributed by atoms with Gasteiger partial charge in [-0.3, -0.25) is 0 Å². The molecule has 0 fully saturated rings. The Balaban J connectivity index is 3.34. The number of hydrogen-bond acceptors (Lipinski definition) is 5. The largest absolute Gasteiger partial charge is 0.394 e. The summed E-state index contributed by atoms with van der Waals surface area (Å²) in [6.45, 7) is 8.81. The predicted molar refractivity (Wildman–Crippen MR) is 71.7 cm³/mol. The molecule has 0 aromatic heterocycles. The highest BCUT2D eigenvalue weighted by atomic mass is 16.5. The van der Waals surface area contributed by atoms with E-state index < -0.39 is 6.10 Å². The number of rotatable bonds is 12. The molecule has 0 rings (SSSR count). The summed E-state index contributed by atoms with van der Waals surface area (Å²) < 4.78 is 10.6. The Labute approximate surface area is 110 Å². The molecule has 0 aromatic rings. The molecule has 0 unspecified atom stereocenters. The van der Waals surface area contributed by atoms with Crippen molar-refractivity contribution >= 4 is 0 Å². The highest BCUT2D eigenvalue weighted by molar-refractivity contribution is 4.61. The van der Waals surface area contributed by atoms with Crippen molar-refractivity contribution in [1.29, 1.82) is 0 Å². The average molecular weight is 263 g/mol. The molecule has 18 heavy (non-hydrogen) atoms. The van der Waals surface area contributed by atoms with E-state index in [9.17, 15) is 5.11 Å². The maximum absolute atomic E-state index is 9.67. The van der Waals surface area contributed by atoms with E-state index in [1.54, 1.807) is 0 Å². The van der Waals surface area contributed by atoms with E-state index in [1.165, 1.54) is 0 Å². The van der Waals surface area contributed by atoms with Gasteiger partial charge in [0.2, 0.25) is 0 Å². The summed E-state index contributed by atoms with van der Waals surface area (Å²) in [5.74, 6) is 0.610. The van der Waals surface area contributed by atoms with Crippen LogP contribution in [0.4, 0.5) is 0 Å². The molecule has 0 spiro atoms. The third-order valence-electron chi connectivity index (χ3n) is 2.42. The molecule has 2 atom stereocenters. The summed E-state index contributed by atoms with van der Waals surface area (Å²) in [4.78, 5) is 0. The van der Waals surface area contributed by atoms with Crippen LogP contribution >= 0.6 is 0 Å². The van der Waals surface area contributed by atoms with Crippen LogP contribution in [-0.4, -0.2) is 61.9 Å². The van der Waals surface area contributed by atoms with Crippen molar-refractivity contribution in [3.63, 3.8) is 0 Å². The van der Waals surface area contributed by atoms with E-state index in [0.717, 1.165) is 6.42 Å². The van der Waals surface area contributed by atoms with Gasteiger partial charge in [-0.25, -0.2) is 0 Å². The Kier molecular flexibility index (Phi) is 11.7. The van der Waals surface area contributed by atoms with Gasteiger partial charge in [0.1, 0.15) is 0 Å². The van der Waals surface area contributed by atoms with E-state index in [4.69, 9.17) is 14.6 Å². The van der Waals surface area contributed by atoms with Gasteiger partial charge in [-0.05, 0) is 19.3 Å². The fourth-order valence-corrected chi connectivity index (χ4v) is 1.65. The van der Waals surface area contributed by atoms with Crippen LogP contribution < -0.4 is 5.32 Å². The van der Waals surface area contributed by atoms with Crippen LogP contribution in [0.1, 0.15) is 27.2 Å². The Morgan fingerprint density at radius 1 is 1.17 bits per heavy atom. The van der Waals surface area contributed by atoms with Crippen LogP contribution in [-0.2, 0) is 9.47 Å². The fraction of sp³-hybridized carbons (Fsp3) is 1.00. The van der Waals surface area contributed by atoms with Crippen LogP contribution in [0.15, 0.2) is 0 Å². The number of hydrogen-bond donors (Lipinski definition) is 3. The van der Waals surface area contributed by atoms with E-state index >= 15 is 0 Å². The lowest BCUT2D eigenvalue weighted by molar-refractivity contribution is -0.00908. The first-order valence-electron chi connectivity index (χ1n) is 6.75. The SMILES string of the molecule is CC(C)C[C@H](C)OC[C@H](O)CNCCOCCO. The Morgan fingerprint density at radius 2 is 1.89 bits per heavy atom. The molecule has 0 aliphatic rings. The molecule has 0 radical (unpaired) electrons. The van der Waals surface area contributed by atoms with E-state index in [0.29, 0.717) is 38.8 Å². The number of ether oxygens (including phenoxy) is 2. The zero-order valence-electron chi connectivity index (χ0n) is 11.9. The van der Waals surface area contributed by atoms with Crippen molar-refractivity contribution in [2.75, 3.05) is 39.5 Å².